The fourth-order valence-electron chi connectivity index (χ4n) is 2.40. The zero-order valence-corrected chi connectivity index (χ0v) is 13.3. The van der Waals surface area contributed by atoms with Gasteiger partial charge in [0.1, 0.15) is 0 Å². The van der Waals surface area contributed by atoms with Gasteiger partial charge in [-0.15, -0.1) is 0 Å². The topological polar surface area (TPSA) is 61.2 Å². The van der Waals surface area contributed by atoms with E-state index in [-0.39, 0.29) is 10.6 Å². The summed E-state index contributed by atoms with van der Waals surface area (Å²) in [6.45, 7) is 4.65. The Balaban J connectivity index is 2.00. The van der Waals surface area contributed by atoms with Gasteiger partial charge in [0.05, 0.1) is 22.3 Å². The molecule has 4 nitrogen and oxygen atoms in total. The number of benzene rings is 1. The van der Waals surface area contributed by atoms with Crippen molar-refractivity contribution in [1.29, 1.82) is 5.26 Å². The number of sulfone groups is 1. The molecular formula is C16H22N2O2S. The summed E-state index contributed by atoms with van der Waals surface area (Å²) in [7, 11) is -3.31. The molecule has 0 aliphatic heterocycles. The molecule has 2 rings (SSSR count). The summed E-state index contributed by atoms with van der Waals surface area (Å²) in [4.78, 5) is 2.51. The van der Waals surface area contributed by atoms with E-state index in [0.29, 0.717) is 12.1 Å². The molecule has 0 N–H and O–H groups in total. The lowest BCUT2D eigenvalue weighted by Gasteiger charge is -2.21. The Morgan fingerprint density at radius 2 is 2.10 bits per heavy atom. The highest BCUT2D eigenvalue weighted by Gasteiger charge is 2.25. The average molecular weight is 306 g/mol. The van der Waals surface area contributed by atoms with Crippen molar-refractivity contribution in [2.45, 2.75) is 31.1 Å². The third-order valence-electron chi connectivity index (χ3n) is 3.75. The first kappa shape index (κ1) is 16.0. The molecule has 0 amide bonds. The van der Waals surface area contributed by atoms with Gasteiger partial charge in [-0.1, -0.05) is 13.0 Å². The fraction of sp³-hybridized carbons (Fsp3) is 0.562. The molecule has 0 unspecified atom stereocenters. The van der Waals surface area contributed by atoms with Gasteiger partial charge in [-0.2, -0.15) is 5.26 Å². The molecule has 0 aromatic heterocycles. The van der Waals surface area contributed by atoms with E-state index in [9.17, 15) is 8.42 Å². The van der Waals surface area contributed by atoms with Crippen LogP contribution in [0.2, 0.25) is 0 Å². The average Bonchev–Trinajstić information content (AvgIpc) is 3.29. The van der Waals surface area contributed by atoms with E-state index in [1.165, 1.54) is 18.9 Å². The maximum atomic E-state index is 12.4. The lowest BCUT2D eigenvalue weighted by molar-refractivity contribution is 0.278. The number of nitrogens with zero attached hydrogens (tertiary/aromatic N) is 2. The molecule has 114 valence electrons. The molecule has 0 heterocycles. The zero-order valence-electron chi connectivity index (χ0n) is 12.5. The predicted molar refractivity (Wildman–Crippen MR) is 82.7 cm³/mol. The second-order valence-electron chi connectivity index (χ2n) is 5.70. The smallest absolute Gasteiger partial charge is 0.179 e. The standard InChI is InChI=1S/C16H22N2O2S/c1-2-8-18(13-14-6-7-14)9-10-21(19,20)16-5-3-4-15(11-16)12-17/h3-5,11,14H,2,6-10,13H2,1H3. The van der Waals surface area contributed by atoms with Gasteiger partial charge in [0.15, 0.2) is 9.84 Å². The highest BCUT2D eigenvalue weighted by atomic mass is 32.2. The summed E-state index contributed by atoms with van der Waals surface area (Å²) in [5, 5.41) is 8.87. The molecule has 0 spiro atoms. The minimum Gasteiger partial charge on any atom is -0.302 e. The van der Waals surface area contributed by atoms with E-state index in [0.717, 1.165) is 25.4 Å². The summed E-state index contributed by atoms with van der Waals surface area (Å²) in [5.74, 6) is 0.885. The molecule has 0 bridgehead atoms. The minimum atomic E-state index is -3.31. The Kier molecular flexibility index (Phi) is 5.38. The molecule has 0 atom stereocenters. The quantitative estimate of drug-likeness (QED) is 0.740. The second-order valence-corrected chi connectivity index (χ2v) is 7.81. The van der Waals surface area contributed by atoms with Crippen LogP contribution in [0.4, 0.5) is 0 Å². The highest BCUT2D eigenvalue weighted by Crippen LogP contribution is 2.29. The molecule has 21 heavy (non-hydrogen) atoms. The van der Waals surface area contributed by atoms with Crippen LogP contribution in [0.25, 0.3) is 0 Å². The SMILES string of the molecule is CCCN(CCS(=O)(=O)c1cccc(C#N)c1)CC1CC1. The molecule has 1 aliphatic rings. The number of hydrogen-bond acceptors (Lipinski definition) is 4. The summed E-state index contributed by atoms with van der Waals surface area (Å²) in [6, 6.07) is 8.26. The Morgan fingerprint density at radius 1 is 1.33 bits per heavy atom. The van der Waals surface area contributed by atoms with E-state index < -0.39 is 9.84 Å². The Labute approximate surface area is 127 Å². The summed E-state index contributed by atoms with van der Waals surface area (Å²) in [6.07, 6.45) is 3.59. The maximum absolute atomic E-state index is 12.4. The predicted octanol–water partition coefficient (Wildman–Crippen LogP) is 2.45. The monoisotopic (exact) mass is 306 g/mol. The van der Waals surface area contributed by atoms with Crippen molar-refractivity contribution in [3.63, 3.8) is 0 Å². The summed E-state index contributed by atoms with van der Waals surface area (Å²) >= 11 is 0. The molecule has 0 radical (unpaired) electrons. The second kappa shape index (κ2) is 7.06. The maximum Gasteiger partial charge on any atom is 0.179 e. The molecular weight excluding hydrogens is 284 g/mol. The lowest BCUT2D eigenvalue weighted by atomic mass is 10.2. The van der Waals surface area contributed by atoms with Gasteiger partial charge < -0.3 is 4.90 Å². The molecule has 1 aromatic rings. The van der Waals surface area contributed by atoms with Crippen molar-refractivity contribution in [3.8, 4) is 6.07 Å². The Bertz CT molecular complexity index is 615. The molecule has 1 saturated carbocycles. The van der Waals surface area contributed by atoms with E-state index in [1.807, 2.05) is 6.07 Å². The molecule has 0 saturated heterocycles. The van der Waals surface area contributed by atoms with Crippen LogP contribution in [0.3, 0.4) is 0 Å². The van der Waals surface area contributed by atoms with Crippen LogP contribution in [0.5, 0.6) is 0 Å². The third-order valence-corrected chi connectivity index (χ3v) is 5.44. The van der Waals surface area contributed by atoms with Crippen molar-refractivity contribution in [3.05, 3.63) is 29.8 Å². The fourth-order valence-corrected chi connectivity index (χ4v) is 3.73. The van der Waals surface area contributed by atoms with Crippen LogP contribution >= 0.6 is 0 Å². The van der Waals surface area contributed by atoms with E-state index in [4.69, 9.17) is 5.26 Å². The van der Waals surface area contributed by atoms with Gasteiger partial charge in [0.2, 0.25) is 0 Å². The lowest BCUT2D eigenvalue weighted by Crippen LogP contribution is -2.32. The zero-order chi connectivity index (χ0) is 15.3. The van der Waals surface area contributed by atoms with Gasteiger partial charge in [-0.25, -0.2) is 8.42 Å². The van der Waals surface area contributed by atoms with Gasteiger partial charge in [-0.05, 0) is 49.9 Å². The van der Waals surface area contributed by atoms with E-state index in [2.05, 4.69) is 11.8 Å². The van der Waals surface area contributed by atoms with Crippen LogP contribution < -0.4 is 0 Å². The summed E-state index contributed by atoms with van der Waals surface area (Å²) in [5.41, 5.74) is 0.388. The molecule has 1 fully saturated rings. The Hall–Kier alpha value is -1.38. The first-order valence-electron chi connectivity index (χ1n) is 7.50. The van der Waals surface area contributed by atoms with Gasteiger partial charge in [-0.3, -0.25) is 0 Å². The van der Waals surface area contributed by atoms with Crippen LogP contribution in [0.1, 0.15) is 31.7 Å². The van der Waals surface area contributed by atoms with Crippen molar-refractivity contribution in [2.24, 2.45) is 5.92 Å². The highest BCUT2D eigenvalue weighted by molar-refractivity contribution is 7.91. The first-order chi connectivity index (χ1) is 10.0. The molecule has 1 aliphatic carbocycles. The number of nitriles is 1. The largest absolute Gasteiger partial charge is 0.302 e. The normalized spacial score (nSPS) is 15.1. The van der Waals surface area contributed by atoms with Crippen LogP contribution in [-0.2, 0) is 9.84 Å². The van der Waals surface area contributed by atoms with Crippen LogP contribution in [0.15, 0.2) is 29.2 Å². The van der Waals surface area contributed by atoms with Crippen molar-refractivity contribution in [2.75, 3.05) is 25.4 Å². The van der Waals surface area contributed by atoms with Gasteiger partial charge in [0, 0.05) is 13.1 Å². The minimum absolute atomic E-state index is 0.120. The van der Waals surface area contributed by atoms with Crippen LogP contribution in [-0.4, -0.2) is 38.7 Å². The summed E-state index contributed by atoms with van der Waals surface area (Å²) < 4.78 is 24.7. The van der Waals surface area contributed by atoms with Crippen molar-refractivity contribution in [1.82, 2.24) is 4.90 Å². The third kappa shape index (κ3) is 4.83. The van der Waals surface area contributed by atoms with Gasteiger partial charge in [0.25, 0.3) is 0 Å². The van der Waals surface area contributed by atoms with Crippen molar-refractivity contribution < 1.29 is 8.42 Å². The Morgan fingerprint density at radius 3 is 2.71 bits per heavy atom. The first-order valence-corrected chi connectivity index (χ1v) is 9.15. The van der Waals surface area contributed by atoms with Gasteiger partial charge >= 0.3 is 0 Å². The number of hydrogen-bond donors (Lipinski definition) is 0. The van der Waals surface area contributed by atoms with Crippen molar-refractivity contribution >= 4 is 9.84 Å². The van der Waals surface area contributed by atoms with E-state index >= 15 is 0 Å². The van der Waals surface area contributed by atoms with E-state index in [1.54, 1.807) is 18.2 Å². The van der Waals surface area contributed by atoms with Crippen LogP contribution in [0, 0.1) is 17.2 Å². The number of rotatable bonds is 8. The molecule has 5 heteroatoms. The molecule has 1 aromatic carbocycles.